The van der Waals surface area contributed by atoms with E-state index < -0.39 is 0 Å². The average Bonchev–Trinajstić information content (AvgIpc) is 2.86. The lowest BCUT2D eigenvalue weighted by molar-refractivity contribution is 0.0945. The second kappa shape index (κ2) is 5.81. The fourth-order valence-electron chi connectivity index (χ4n) is 1.32. The van der Waals surface area contributed by atoms with E-state index in [2.05, 4.69) is 15.3 Å². The molecule has 2 rings (SSSR count). The number of pyridine rings is 1. The maximum atomic E-state index is 11.7. The molecular weight excluding hydrogens is 234 g/mol. The molecule has 1 amide bonds. The molecule has 18 heavy (non-hydrogen) atoms. The Bertz CT molecular complexity index is 510. The summed E-state index contributed by atoms with van der Waals surface area (Å²) >= 11 is 0. The summed E-state index contributed by atoms with van der Waals surface area (Å²) in [5, 5.41) is 2.73. The zero-order valence-corrected chi connectivity index (χ0v) is 9.92. The molecule has 2 heterocycles. The van der Waals surface area contributed by atoms with Gasteiger partial charge < -0.3 is 14.5 Å². The quantitative estimate of drug-likeness (QED) is 0.864. The van der Waals surface area contributed by atoms with Gasteiger partial charge in [-0.3, -0.25) is 9.78 Å². The van der Waals surface area contributed by atoms with Crippen molar-refractivity contribution in [2.75, 3.05) is 6.61 Å². The maximum absolute atomic E-state index is 11.7. The van der Waals surface area contributed by atoms with Gasteiger partial charge in [-0.25, -0.2) is 0 Å². The highest BCUT2D eigenvalue weighted by Crippen LogP contribution is 2.09. The molecule has 0 aliphatic heterocycles. The maximum Gasteiger partial charge on any atom is 0.394 e. The van der Waals surface area contributed by atoms with Crippen molar-refractivity contribution >= 4 is 5.91 Å². The molecule has 0 spiro atoms. The van der Waals surface area contributed by atoms with E-state index in [0.717, 1.165) is 5.56 Å². The van der Waals surface area contributed by atoms with Crippen LogP contribution in [0.3, 0.4) is 0 Å². The molecule has 0 aliphatic carbocycles. The highest BCUT2D eigenvalue weighted by atomic mass is 16.6. The Morgan fingerprint density at radius 1 is 1.44 bits per heavy atom. The minimum Gasteiger partial charge on any atom is -0.450 e. The molecule has 0 fully saturated rings. The zero-order chi connectivity index (χ0) is 12.8. The van der Waals surface area contributed by atoms with Crippen LogP contribution in [-0.4, -0.2) is 22.5 Å². The van der Waals surface area contributed by atoms with Gasteiger partial charge in [-0.05, 0) is 24.6 Å². The molecule has 0 atom stereocenters. The van der Waals surface area contributed by atoms with Crippen molar-refractivity contribution in [1.29, 1.82) is 0 Å². The summed E-state index contributed by atoms with van der Waals surface area (Å²) in [5.74, 6) is -0.304. The van der Waals surface area contributed by atoms with Gasteiger partial charge in [0.25, 0.3) is 5.91 Å². The number of ether oxygens (including phenoxy) is 1. The molecule has 0 unspecified atom stereocenters. The minimum atomic E-state index is -0.304. The number of aromatic nitrogens is 2. The van der Waals surface area contributed by atoms with Crippen molar-refractivity contribution in [2.24, 2.45) is 0 Å². The molecular formula is C12H13N3O3. The van der Waals surface area contributed by atoms with Crippen molar-refractivity contribution < 1.29 is 13.9 Å². The van der Waals surface area contributed by atoms with Crippen LogP contribution >= 0.6 is 0 Å². The Labute approximate surface area is 104 Å². The van der Waals surface area contributed by atoms with E-state index in [1.54, 1.807) is 12.4 Å². The third kappa shape index (κ3) is 3.07. The third-order valence-electron chi connectivity index (χ3n) is 2.19. The largest absolute Gasteiger partial charge is 0.450 e. The molecule has 0 radical (unpaired) electrons. The smallest absolute Gasteiger partial charge is 0.394 e. The first-order valence-electron chi connectivity index (χ1n) is 5.55. The van der Waals surface area contributed by atoms with Gasteiger partial charge in [0.2, 0.25) is 0 Å². The Balaban J connectivity index is 1.91. The predicted molar refractivity (Wildman–Crippen MR) is 63.1 cm³/mol. The van der Waals surface area contributed by atoms with Crippen LogP contribution in [0.5, 0.6) is 6.08 Å². The van der Waals surface area contributed by atoms with E-state index >= 15 is 0 Å². The van der Waals surface area contributed by atoms with Gasteiger partial charge in [0.15, 0.2) is 5.69 Å². The van der Waals surface area contributed by atoms with Gasteiger partial charge in [0.1, 0.15) is 6.26 Å². The van der Waals surface area contributed by atoms with Crippen molar-refractivity contribution in [3.05, 3.63) is 42.0 Å². The van der Waals surface area contributed by atoms with Crippen LogP contribution in [0.1, 0.15) is 23.0 Å². The van der Waals surface area contributed by atoms with Crippen molar-refractivity contribution in [3.63, 3.8) is 0 Å². The van der Waals surface area contributed by atoms with Gasteiger partial charge >= 0.3 is 6.08 Å². The second-order valence-corrected chi connectivity index (χ2v) is 3.47. The van der Waals surface area contributed by atoms with Crippen LogP contribution in [0.25, 0.3) is 0 Å². The number of hydrogen-bond acceptors (Lipinski definition) is 5. The molecule has 1 N–H and O–H groups in total. The van der Waals surface area contributed by atoms with E-state index in [0.29, 0.717) is 13.2 Å². The van der Waals surface area contributed by atoms with E-state index in [9.17, 15) is 4.79 Å². The number of nitrogens with one attached hydrogen (secondary N) is 1. The minimum absolute atomic E-state index is 0.103. The summed E-state index contributed by atoms with van der Waals surface area (Å²) in [7, 11) is 0. The summed E-state index contributed by atoms with van der Waals surface area (Å²) in [6.07, 6.45) is 4.72. The zero-order valence-electron chi connectivity index (χ0n) is 9.92. The van der Waals surface area contributed by atoms with Crippen molar-refractivity contribution in [1.82, 2.24) is 15.3 Å². The van der Waals surface area contributed by atoms with Gasteiger partial charge in [-0.15, -0.1) is 0 Å². The fourth-order valence-corrected chi connectivity index (χ4v) is 1.32. The number of nitrogens with zero attached hydrogens (tertiary/aromatic N) is 2. The summed E-state index contributed by atoms with van der Waals surface area (Å²) < 4.78 is 10.0. The van der Waals surface area contributed by atoms with E-state index in [1.165, 1.54) is 6.26 Å². The van der Waals surface area contributed by atoms with Crippen LogP contribution < -0.4 is 10.1 Å². The molecule has 94 valence electrons. The average molecular weight is 247 g/mol. The van der Waals surface area contributed by atoms with Crippen LogP contribution in [-0.2, 0) is 6.54 Å². The molecule has 6 nitrogen and oxygen atoms in total. The molecule has 2 aromatic rings. The highest BCUT2D eigenvalue weighted by Gasteiger charge is 2.12. The SMILES string of the molecule is CCOc1nc(C(=O)NCc2ccncc2)co1. The molecule has 0 saturated heterocycles. The van der Waals surface area contributed by atoms with Crippen LogP contribution in [0.2, 0.25) is 0 Å². The summed E-state index contributed by atoms with van der Waals surface area (Å²) in [5.41, 5.74) is 1.17. The number of rotatable bonds is 5. The first kappa shape index (κ1) is 12.1. The van der Waals surface area contributed by atoms with E-state index in [-0.39, 0.29) is 17.7 Å². The monoisotopic (exact) mass is 247 g/mol. The first-order chi connectivity index (χ1) is 8.79. The van der Waals surface area contributed by atoms with E-state index in [4.69, 9.17) is 9.15 Å². The van der Waals surface area contributed by atoms with Gasteiger partial charge in [-0.2, -0.15) is 4.98 Å². The lowest BCUT2D eigenvalue weighted by Gasteiger charge is -2.01. The van der Waals surface area contributed by atoms with Gasteiger partial charge in [0.05, 0.1) is 6.61 Å². The van der Waals surface area contributed by atoms with Crippen molar-refractivity contribution in [2.45, 2.75) is 13.5 Å². The van der Waals surface area contributed by atoms with Gasteiger partial charge in [-0.1, -0.05) is 0 Å². The summed E-state index contributed by atoms with van der Waals surface area (Å²) in [4.78, 5) is 19.5. The molecule has 0 aliphatic rings. The fraction of sp³-hybridized carbons (Fsp3) is 0.250. The number of carbonyl (C=O) groups excluding carboxylic acids is 1. The molecule has 0 bridgehead atoms. The molecule has 6 heteroatoms. The van der Waals surface area contributed by atoms with Crippen LogP contribution in [0.15, 0.2) is 35.2 Å². The Morgan fingerprint density at radius 3 is 2.94 bits per heavy atom. The second-order valence-electron chi connectivity index (χ2n) is 3.47. The predicted octanol–water partition coefficient (Wildman–Crippen LogP) is 1.40. The summed E-state index contributed by atoms with van der Waals surface area (Å²) in [6.45, 7) is 2.67. The Morgan fingerprint density at radius 2 is 2.22 bits per heavy atom. The Kier molecular flexibility index (Phi) is 3.90. The molecule has 2 aromatic heterocycles. The lowest BCUT2D eigenvalue weighted by atomic mass is 10.2. The number of carbonyl (C=O) groups is 1. The van der Waals surface area contributed by atoms with Crippen molar-refractivity contribution in [3.8, 4) is 6.08 Å². The van der Waals surface area contributed by atoms with Crippen LogP contribution in [0.4, 0.5) is 0 Å². The van der Waals surface area contributed by atoms with Gasteiger partial charge in [0, 0.05) is 18.9 Å². The number of oxazole rings is 1. The highest BCUT2D eigenvalue weighted by molar-refractivity contribution is 5.91. The number of amides is 1. The normalized spacial score (nSPS) is 10.1. The van der Waals surface area contributed by atoms with E-state index in [1.807, 2.05) is 19.1 Å². The molecule has 0 saturated carbocycles. The topological polar surface area (TPSA) is 77.2 Å². The third-order valence-corrected chi connectivity index (χ3v) is 2.19. The van der Waals surface area contributed by atoms with Crippen LogP contribution in [0, 0.1) is 0 Å². The molecule has 0 aromatic carbocycles. The standard InChI is InChI=1S/C12H13N3O3/c1-2-17-12-15-10(8-18-12)11(16)14-7-9-3-5-13-6-4-9/h3-6,8H,2,7H2,1H3,(H,14,16). The first-order valence-corrected chi connectivity index (χ1v) is 5.55. The number of hydrogen-bond donors (Lipinski definition) is 1. The lowest BCUT2D eigenvalue weighted by Crippen LogP contribution is -2.23. The Hall–Kier alpha value is -2.37. The summed E-state index contributed by atoms with van der Waals surface area (Å²) in [6, 6.07) is 3.66.